The predicted molar refractivity (Wildman–Crippen MR) is 102 cm³/mol. The van der Waals surface area contributed by atoms with Crippen molar-refractivity contribution in [1.82, 2.24) is 4.98 Å². The largest absolute Gasteiger partial charge is 0.744 e. The molecule has 0 aliphatic carbocycles. The zero-order valence-electron chi connectivity index (χ0n) is 14.7. The average molecular weight is 389 g/mol. The molecule has 0 unspecified atom stereocenters. The van der Waals surface area contributed by atoms with E-state index in [0.29, 0.717) is 0 Å². The minimum absolute atomic E-state index is 0. The van der Waals surface area contributed by atoms with Crippen molar-refractivity contribution in [3.63, 3.8) is 0 Å². The minimum atomic E-state index is -4.41. The van der Waals surface area contributed by atoms with Gasteiger partial charge in [0.2, 0.25) is 0 Å². The average Bonchev–Trinajstić information content (AvgIpc) is 2.63. The van der Waals surface area contributed by atoms with E-state index in [1.807, 2.05) is 24.8 Å². The molecule has 0 saturated heterocycles. The second-order valence-electron chi connectivity index (χ2n) is 5.61. The number of hydrogen-bond acceptors (Lipinski definition) is 5. The Labute approximate surface area is 159 Å². The number of para-hydroxylation sites is 1. The number of nitrogen functional groups attached to an aromatic ring is 1. The lowest BCUT2D eigenvalue weighted by atomic mass is 10.1. The SMILES string of the molecule is Nc1ccccc1S(=O)(=O)[O-].O.c1cc(CCCc2cc[nH+]cc2)ccn1. The first kappa shape index (κ1) is 22.2. The fraction of sp³-hybridized carbons (Fsp3) is 0.158. The Morgan fingerprint density at radius 1 is 0.926 bits per heavy atom. The Bertz CT molecular complexity index is 865. The van der Waals surface area contributed by atoms with Crippen LogP contribution in [0.25, 0.3) is 0 Å². The number of H-pyrrole nitrogens is 1. The molecule has 0 aliphatic heterocycles. The molecule has 5 N–H and O–H groups in total. The molecule has 2 aromatic heterocycles. The summed E-state index contributed by atoms with van der Waals surface area (Å²) in [5.41, 5.74) is 7.98. The molecule has 0 saturated carbocycles. The van der Waals surface area contributed by atoms with Gasteiger partial charge in [-0.25, -0.2) is 13.4 Å². The highest BCUT2D eigenvalue weighted by Gasteiger charge is 2.03. The van der Waals surface area contributed by atoms with Crippen molar-refractivity contribution in [3.8, 4) is 0 Å². The van der Waals surface area contributed by atoms with Gasteiger partial charge in [0.25, 0.3) is 0 Å². The van der Waals surface area contributed by atoms with E-state index in [0.717, 1.165) is 12.8 Å². The van der Waals surface area contributed by atoms with Gasteiger partial charge in [0.1, 0.15) is 10.1 Å². The number of pyridine rings is 2. The molecule has 0 fully saturated rings. The summed E-state index contributed by atoms with van der Waals surface area (Å²) in [5.74, 6) is 0. The fourth-order valence-electron chi connectivity index (χ4n) is 2.34. The van der Waals surface area contributed by atoms with E-state index < -0.39 is 10.1 Å². The van der Waals surface area contributed by atoms with Crippen LogP contribution in [0.5, 0.6) is 0 Å². The van der Waals surface area contributed by atoms with Crippen molar-refractivity contribution in [2.75, 3.05) is 5.73 Å². The Morgan fingerprint density at radius 3 is 2.00 bits per heavy atom. The van der Waals surface area contributed by atoms with E-state index in [-0.39, 0.29) is 16.1 Å². The molecule has 1 aromatic carbocycles. The van der Waals surface area contributed by atoms with Gasteiger partial charge in [0.05, 0.1) is 4.90 Å². The summed E-state index contributed by atoms with van der Waals surface area (Å²) in [5, 5.41) is 0. The summed E-state index contributed by atoms with van der Waals surface area (Å²) in [7, 11) is -4.41. The molecule has 3 aromatic rings. The smallest absolute Gasteiger partial charge is 0.167 e. The third-order valence-corrected chi connectivity index (χ3v) is 4.57. The van der Waals surface area contributed by atoms with E-state index >= 15 is 0 Å². The van der Waals surface area contributed by atoms with E-state index in [2.05, 4.69) is 34.2 Å². The topological polar surface area (TPSA) is 142 Å². The first-order valence-corrected chi connectivity index (χ1v) is 9.52. The second-order valence-corrected chi connectivity index (χ2v) is 6.96. The van der Waals surface area contributed by atoms with Crippen molar-refractivity contribution in [1.29, 1.82) is 0 Å². The predicted octanol–water partition coefficient (Wildman–Crippen LogP) is 1.42. The van der Waals surface area contributed by atoms with E-state index in [1.165, 1.54) is 35.7 Å². The number of aromatic amines is 1. The molecule has 0 radical (unpaired) electrons. The van der Waals surface area contributed by atoms with Crippen LogP contribution in [0.4, 0.5) is 5.69 Å². The van der Waals surface area contributed by atoms with Gasteiger partial charge in [-0.3, -0.25) is 4.98 Å². The number of anilines is 1. The lowest BCUT2D eigenvalue weighted by molar-refractivity contribution is -0.378. The van der Waals surface area contributed by atoms with Gasteiger partial charge < -0.3 is 15.8 Å². The van der Waals surface area contributed by atoms with E-state index in [1.54, 1.807) is 6.07 Å². The van der Waals surface area contributed by atoms with Crippen LogP contribution >= 0.6 is 0 Å². The Balaban J connectivity index is 0.000000273. The van der Waals surface area contributed by atoms with Crippen LogP contribution in [0.15, 0.2) is 78.2 Å². The zero-order chi connectivity index (χ0) is 18.8. The second kappa shape index (κ2) is 11.0. The maximum Gasteiger partial charge on any atom is 0.167 e. The van der Waals surface area contributed by atoms with E-state index in [4.69, 9.17) is 5.73 Å². The summed E-state index contributed by atoms with van der Waals surface area (Å²) in [6.07, 6.45) is 11.1. The summed E-state index contributed by atoms with van der Waals surface area (Å²) in [6.45, 7) is 0. The fourth-order valence-corrected chi connectivity index (χ4v) is 2.94. The molecule has 27 heavy (non-hydrogen) atoms. The number of nitrogens with zero attached hydrogens (tertiary/aromatic N) is 1. The quantitative estimate of drug-likeness (QED) is 0.519. The number of aromatic nitrogens is 2. The van der Waals surface area contributed by atoms with Gasteiger partial charge in [-0.1, -0.05) is 12.1 Å². The standard InChI is InChI=1S/C13H14N2.C6H7NO3S.H2O/c1(2-12-4-8-14-9-5-12)3-13-6-10-15-11-7-13;7-5-3-1-2-4-6(5)11(8,9)10;/h4-11H,1-3H2;1-4H,7H2,(H,8,9,10);1H2. The molecule has 144 valence electrons. The van der Waals surface area contributed by atoms with Gasteiger partial charge in [0.15, 0.2) is 12.4 Å². The summed E-state index contributed by atoms with van der Waals surface area (Å²) in [6, 6.07) is 14.0. The monoisotopic (exact) mass is 389 g/mol. The van der Waals surface area contributed by atoms with Crippen LogP contribution in [0, 0.1) is 0 Å². The molecule has 0 aliphatic rings. The van der Waals surface area contributed by atoms with Crippen LogP contribution in [-0.2, 0) is 23.0 Å². The molecular formula is C19H23N3O4S. The van der Waals surface area contributed by atoms with Crippen molar-refractivity contribution in [2.45, 2.75) is 24.2 Å². The highest BCUT2D eigenvalue weighted by atomic mass is 32.2. The van der Waals surface area contributed by atoms with Gasteiger partial charge in [-0.2, -0.15) is 0 Å². The van der Waals surface area contributed by atoms with E-state index in [9.17, 15) is 13.0 Å². The number of rotatable bonds is 5. The Hall–Kier alpha value is -2.81. The third-order valence-electron chi connectivity index (χ3n) is 3.66. The van der Waals surface area contributed by atoms with Crippen molar-refractivity contribution >= 4 is 15.8 Å². The number of nitrogens with one attached hydrogen (secondary N) is 1. The highest BCUT2D eigenvalue weighted by molar-refractivity contribution is 7.86. The normalized spacial score (nSPS) is 10.3. The zero-order valence-corrected chi connectivity index (χ0v) is 15.5. The molecule has 2 heterocycles. The molecular weight excluding hydrogens is 366 g/mol. The highest BCUT2D eigenvalue weighted by Crippen LogP contribution is 2.15. The Morgan fingerprint density at radius 2 is 1.48 bits per heavy atom. The van der Waals surface area contributed by atoms with Crippen molar-refractivity contribution in [2.24, 2.45) is 0 Å². The van der Waals surface area contributed by atoms with Gasteiger partial charge in [-0.15, -0.1) is 0 Å². The van der Waals surface area contributed by atoms with Crippen LogP contribution in [0.3, 0.4) is 0 Å². The van der Waals surface area contributed by atoms with Crippen LogP contribution in [0.1, 0.15) is 17.5 Å². The molecule has 0 amide bonds. The summed E-state index contributed by atoms with van der Waals surface area (Å²) in [4.78, 5) is 6.68. The number of aryl methyl sites for hydroxylation is 2. The maximum absolute atomic E-state index is 10.4. The molecule has 8 heteroatoms. The van der Waals surface area contributed by atoms with Gasteiger partial charge >= 0.3 is 0 Å². The molecule has 0 spiro atoms. The maximum atomic E-state index is 10.4. The first-order chi connectivity index (χ1) is 12.5. The van der Waals surface area contributed by atoms with Gasteiger partial charge in [-0.05, 0) is 54.7 Å². The lowest BCUT2D eigenvalue weighted by Gasteiger charge is -2.08. The summed E-state index contributed by atoms with van der Waals surface area (Å²) >= 11 is 0. The molecule has 3 rings (SSSR count). The number of hydrogen-bond donors (Lipinski definition) is 1. The molecule has 0 atom stereocenters. The van der Waals surface area contributed by atoms with Crippen LogP contribution in [-0.4, -0.2) is 23.4 Å². The van der Waals surface area contributed by atoms with Crippen LogP contribution < -0.4 is 10.7 Å². The van der Waals surface area contributed by atoms with Crippen molar-refractivity contribution in [3.05, 3.63) is 84.4 Å². The Kier molecular flexibility index (Phi) is 9.07. The van der Waals surface area contributed by atoms with Gasteiger partial charge in [0, 0.05) is 30.2 Å². The first-order valence-electron chi connectivity index (χ1n) is 8.11. The molecule has 7 nitrogen and oxygen atoms in total. The summed E-state index contributed by atoms with van der Waals surface area (Å²) < 4.78 is 31.3. The van der Waals surface area contributed by atoms with Crippen molar-refractivity contribution < 1.29 is 23.4 Å². The number of benzene rings is 1. The number of nitrogens with two attached hydrogens (primary N) is 1. The molecule has 0 bridgehead atoms. The van der Waals surface area contributed by atoms with Crippen LogP contribution in [0.2, 0.25) is 0 Å². The third kappa shape index (κ3) is 7.95. The minimum Gasteiger partial charge on any atom is -0.744 e. The lowest BCUT2D eigenvalue weighted by Crippen LogP contribution is -2.02.